The highest BCUT2D eigenvalue weighted by Gasteiger charge is 2.37. The van der Waals surface area contributed by atoms with Crippen LogP contribution in [-0.4, -0.2) is 32.8 Å². The van der Waals surface area contributed by atoms with Crippen LogP contribution in [0.1, 0.15) is 58.6 Å². The molecule has 0 radical (unpaired) electrons. The maximum atomic E-state index is 12.5. The van der Waals surface area contributed by atoms with E-state index in [1.807, 2.05) is 30.0 Å². The van der Waals surface area contributed by atoms with Crippen LogP contribution < -0.4 is 0 Å². The van der Waals surface area contributed by atoms with Crippen LogP contribution in [0, 0.1) is 23.7 Å². The molecule has 5 unspecified atom stereocenters. The summed E-state index contributed by atoms with van der Waals surface area (Å²) in [5.74, 6) is 1.55. The van der Waals surface area contributed by atoms with Crippen LogP contribution in [0.3, 0.4) is 0 Å². The fourth-order valence-electron chi connectivity index (χ4n) is 5.01. The van der Waals surface area contributed by atoms with Gasteiger partial charge in [0, 0.05) is 25.7 Å². The average Bonchev–Trinajstić information content (AvgIpc) is 3.11. The van der Waals surface area contributed by atoms with E-state index in [0.29, 0.717) is 36.5 Å². The summed E-state index contributed by atoms with van der Waals surface area (Å²) < 4.78 is 7.71. The summed E-state index contributed by atoms with van der Waals surface area (Å²) in [6, 6.07) is 0. The number of fused-ring (bicyclic) bond motifs is 1. The first-order valence-corrected chi connectivity index (χ1v) is 11.2. The number of rotatable bonds is 4. The number of allylic oxidation sites excluding steroid dienone is 2. The number of aliphatic hydroxyl groups excluding tert-OH is 1. The van der Waals surface area contributed by atoms with E-state index in [1.54, 1.807) is 12.4 Å². The normalized spacial score (nSPS) is 30.2. The van der Waals surface area contributed by atoms with Gasteiger partial charge in [0.05, 0.1) is 18.1 Å². The molecule has 0 aromatic carbocycles. The summed E-state index contributed by atoms with van der Waals surface area (Å²) in [6.07, 6.45) is 16.7. The minimum absolute atomic E-state index is 0.167. The van der Waals surface area contributed by atoms with E-state index < -0.39 is 0 Å². The van der Waals surface area contributed by atoms with Crippen LogP contribution in [-0.2, 0) is 16.6 Å². The smallest absolute Gasteiger partial charge is 0.331 e. The molecule has 5 atom stereocenters. The third kappa shape index (κ3) is 5.94. The molecule has 1 heterocycles. The quantitative estimate of drug-likeness (QED) is 0.443. The predicted octanol–water partition coefficient (Wildman–Crippen LogP) is 4.69. The highest BCUT2D eigenvalue weighted by atomic mass is 16.5. The Morgan fingerprint density at radius 2 is 2.03 bits per heavy atom. The molecule has 5 heteroatoms. The highest BCUT2D eigenvalue weighted by Crippen LogP contribution is 2.44. The number of esters is 1. The minimum Gasteiger partial charge on any atom is -0.459 e. The third-order valence-electron chi connectivity index (χ3n) is 6.65. The van der Waals surface area contributed by atoms with E-state index in [-0.39, 0.29) is 18.2 Å². The van der Waals surface area contributed by atoms with Gasteiger partial charge in [-0.2, -0.15) is 0 Å². The van der Waals surface area contributed by atoms with Crippen LogP contribution in [0.2, 0.25) is 0 Å². The summed E-state index contributed by atoms with van der Waals surface area (Å²) >= 11 is 0. The van der Waals surface area contributed by atoms with Crippen LogP contribution in [0.25, 0.3) is 6.08 Å². The van der Waals surface area contributed by atoms with Gasteiger partial charge in [-0.1, -0.05) is 37.6 Å². The van der Waals surface area contributed by atoms with Gasteiger partial charge in [0.15, 0.2) is 0 Å². The van der Waals surface area contributed by atoms with Crippen molar-refractivity contribution in [2.24, 2.45) is 30.7 Å². The van der Waals surface area contributed by atoms with E-state index in [2.05, 4.69) is 31.8 Å². The van der Waals surface area contributed by atoms with Crippen molar-refractivity contribution in [1.82, 2.24) is 9.55 Å². The van der Waals surface area contributed by atoms with Crippen LogP contribution in [0.15, 0.2) is 42.4 Å². The number of hydrogen-bond acceptors (Lipinski definition) is 4. The van der Waals surface area contributed by atoms with Crippen LogP contribution in [0.5, 0.6) is 0 Å². The Morgan fingerprint density at radius 1 is 1.27 bits per heavy atom. The fraction of sp³-hybridized carbons (Fsp3) is 0.600. The first-order valence-electron chi connectivity index (χ1n) is 11.2. The zero-order valence-electron chi connectivity index (χ0n) is 18.7. The molecular weight excluding hydrogens is 376 g/mol. The summed E-state index contributed by atoms with van der Waals surface area (Å²) in [5, 5.41) is 10.6. The molecule has 1 N–H and O–H groups in total. The molecule has 0 bridgehead atoms. The molecule has 164 valence electrons. The van der Waals surface area contributed by atoms with Gasteiger partial charge in [0.1, 0.15) is 6.10 Å². The Kier molecular flexibility index (Phi) is 7.70. The Balaban J connectivity index is 1.75. The molecule has 0 aliphatic heterocycles. The fourth-order valence-corrected chi connectivity index (χ4v) is 5.01. The summed E-state index contributed by atoms with van der Waals surface area (Å²) in [7, 11) is 1.90. The number of hydrogen-bond donors (Lipinski definition) is 1. The molecule has 0 spiro atoms. The van der Waals surface area contributed by atoms with Crippen molar-refractivity contribution in [1.29, 1.82) is 0 Å². The first kappa shape index (κ1) is 22.5. The minimum atomic E-state index is -0.328. The molecule has 1 aromatic rings. The lowest BCUT2D eigenvalue weighted by atomic mass is 9.64. The van der Waals surface area contributed by atoms with Crippen molar-refractivity contribution in [2.45, 2.75) is 65.1 Å². The number of carbonyl (C=O) groups is 1. The number of carbonyl (C=O) groups excluding carboxylic acids is 1. The predicted molar refractivity (Wildman–Crippen MR) is 119 cm³/mol. The topological polar surface area (TPSA) is 64.3 Å². The number of aromatic nitrogens is 2. The molecule has 5 nitrogen and oxygen atoms in total. The van der Waals surface area contributed by atoms with Crippen molar-refractivity contribution < 1.29 is 14.6 Å². The van der Waals surface area contributed by atoms with Gasteiger partial charge in [-0.3, -0.25) is 0 Å². The Labute approximate surface area is 180 Å². The second kappa shape index (κ2) is 10.3. The molecule has 3 rings (SSSR count). The van der Waals surface area contributed by atoms with E-state index in [4.69, 9.17) is 4.74 Å². The number of aryl methyl sites for hydroxylation is 1. The zero-order valence-corrected chi connectivity index (χ0v) is 18.7. The third-order valence-corrected chi connectivity index (χ3v) is 6.65. The number of ether oxygens (including phenoxy) is 1. The molecule has 0 saturated heterocycles. The maximum Gasteiger partial charge on any atom is 0.331 e. The van der Waals surface area contributed by atoms with Gasteiger partial charge in [-0.15, -0.1) is 0 Å². The van der Waals surface area contributed by atoms with Crippen molar-refractivity contribution in [2.75, 3.05) is 0 Å². The van der Waals surface area contributed by atoms with E-state index in [9.17, 15) is 9.90 Å². The average molecular weight is 413 g/mol. The Bertz CT molecular complexity index is 805. The number of aliphatic hydroxyl groups is 1. The molecule has 0 fully saturated rings. The van der Waals surface area contributed by atoms with Gasteiger partial charge in [-0.05, 0) is 62.4 Å². The first-order chi connectivity index (χ1) is 14.3. The second-order valence-electron chi connectivity index (χ2n) is 9.29. The van der Waals surface area contributed by atoms with Gasteiger partial charge >= 0.3 is 5.97 Å². The summed E-state index contributed by atoms with van der Waals surface area (Å²) in [4.78, 5) is 16.7. The van der Waals surface area contributed by atoms with E-state index >= 15 is 0 Å². The lowest BCUT2D eigenvalue weighted by molar-refractivity contribution is -0.143. The van der Waals surface area contributed by atoms with Crippen molar-refractivity contribution in [3.05, 3.63) is 48.1 Å². The van der Waals surface area contributed by atoms with Crippen molar-refractivity contribution in [3.8, 4) is 0 Å². The second-order valence-corrected chi connectivity index (χ2v) is 9.29. The Morgan fingerprint density at radius 3 is 2.73 bits per heavy atom. The standard InChI is InChI=1S/C25H36N2O3/c1-17(2)22-11-9-18(3)23-14-21(8-6-5-7-20(28)13-24(22)23)30-25(29)12-10-19-15-27(4)16-26-19/h5-6,9-10,12,15-17,20-24,28H,7-8,11,13-14H2,1-4H3. The lowest BCUT2D eigenvalue weighted by Crippen LogP contribution is -2.36. The highest BCUT2D eigenvalue weighted by molar-refractivity contribution is 5.86. The molecule has 0 amide bonds. The van der Waals surface area contributed by atoms with Crippen LogP contribution >= 0.6 is 0 Å². The van der Waals surface area contributed by atoms with E-state index in [1.165, 1.54) is 11.6 Å². The summed E-state index contributed by atoms with van der Waals surface area (Å²) in [6.45, 7) is 6.75. The SMILES string of the molecule is CC1=CCC(C(C)C)C2CC(O)CC=CCC(OC(=O)C=Cc3cn(C)cn3)CC12. The molecule has 0 saturated carbocycles. The molecular formula is C25H36N2O3. The molecule has 30 heavy (non-hydrogen) atoms. The van der Waals surface area contributed by atoms with E-state index in [0.717, 1.165) is 25.0 Å². The Hall–Kier alpha value is -2.14. The van der Waals surface area contributed by atoms with Crippen molar-refractivity contribution in [3.63, 3.8) is 0 Å². The molecule has 2 aliphatic carbocycles. The molecule has 2 aliphatic rings. The van der Waals surface area contributed by atoms with Gasteiger partial charge in [-0.25, -0.2) is 9.78 Å². The summed E-state index contributed by atoms with van der Waals surface area (Å²) in [5.41, 5.74) is 2.11. The maximum absolute atomic E-state index is 12.5. The number of nitrogens with zero attached hydrogens (tertiary/aromatic N) is 2. The monoisotopic (exact) mass is 412 g/mol. The lowest BCUT2D eigenvalue weighted by Gasteiger charge is -2.42. The zero-order chi connectivity index (χ0) is 21.7. The molecule has 1 aromatic heterocycles. The van der Waals surface area contributed by atoms with Gasteiger partial charge < -0.3 is 14.4 Å². The largest absolute Gasteiger partial charge is 0.459 e. The van der Waals surface area contributed by atoms with Crippen LogP contribution in [0.4, 0.5) is 0 Å². The van der Waals surface area contributed by atoms with Crippen molar-refractivity contribution >= 4 is 12.0 Å². The number of imidazole rings is 1. The van der Waals surface area contributed by atoms with Gasteiger partial charge in [0.25, 0.3) is 0 Å². The van der Waals surface area contributed by atoms with Gasteiger partial charge in [0.2, 0.25) is 0 Å².